The van der Waals surface area contributed by atoms with Gasteiger partial charge >= 0.3 is 0 Å². The van der Waals surface area contributed by atoms with Crippen molar-refractivity contribution in [3.05, 3.63) is 195 Å². The van der Waals surface area contributed by atoms with E-state index < -0.39 is 0 Å². The molecule has 0 spiro atoms. The molecule has 0 fully saturated rings. The van der Waals surface area contributed by atoms with Crippen LogP contribution in [-0.2, 0) is 0 Å². The first-order valence-electron chi connectivity index (χ1n) is 21.3. The molecule has 0 N–H and O–H groups in total. The quantitative estimate of drug-likeness (QED) is 0.167. The fraction of sp³-hybridized carbons (Fsp3) is 0.0179. The molecule has 64 heavy (non-hydrogen) atoms. The summed E-state index contributed by atoms with van der Waals surface area (Å²) in [4.78, 5) is 23.5. The summed E-state index contributed by atoms with van der Waals surface area (Å²) >= 11 is 1.85. The van der Waals surface area contributed by atoms with Gasteiger partial charge in [0.05, 0.1) is 27.8 Å². The number of thiophene rings is 1. The van der Waals surface area contributed by atoms with Crippen LogP contribution < -0.4 is 0 Å². The molecule has 0 saturated heterocycles. The van der Waals surface area contributed by atoms with Crippen LogP contribution in [-0.4, -0.2) is 35.3 Å². The Labute approximate surface area is 371 Å². The Morgan fingerprint density at radius 2 is 1.12 bits per heavy atom. The van der Waals surface area contributed by atoms with Crippen molar-refractivity contribution in [3.8, 4) is 50.5 Å². The fourth-order valence-electron chi connectivity index (χ4n) is 9.58. The molecular weight excluding hydrogens is 803 g/mol. The Morgan fingerprint density at radius 3 is 1.92 bits per heavy atom. The molecule has 1 aliphatic rings. The number of hydrogen-bond acceptors (Lipinski definition) is 6. The van der Waals surface area contributed by atoms with Gasteiger partial charge in [-0.1, -0.05) is 66.7 Å². The van der Waals surface area contributed by atoms with E-state index in [4.69, 9.17) is 15.0 Å². The Balaban J connectivity index is 1.06. The van der Waals surface area contributed by atoms with E-state index >= 15 is 0 Å². The molecule has 300 valence electrons. The maximum Gasteiger partial charge on any atom is 0.137 e. The molecule has 0 saturated carbocycles. The Bertz CT molecular complexity index is 3930. The van der Waals surface area contributed by atoms with Crippen LogP contribution in [0.5, 0.6) is 0 Å². The Kier molecular flexibility index (Phi) is 8.32. The van der Waals surface area contributed by atoms with Crippen molar-refractivity contribution in [2.45, 2.75) is 6.42 Å². The molecule has 0 bridgehead atoms. The van der Waals surface area contributed by atoms with Gasteiger partial charge in [0.1, 0.15) is 11.6 Å². The maximum atomic E-state index is 4.87. The standard InChI is InChI=1S/C56H35N7S/c1-2-13-54(60-24-7-1)63-50-19-16-37(29-43(50)47-34-58-27-22-52(47)63)41-31-38(35-15-18-49-42(28-35)46-33-57-26-21-51(46)62(49)55-14-6-9-25-61-55)32-45-44-30-36(17-20-53(44)64-56(41)45)39-10-3-4-11-40(39)48-12-5-8-23-59-48/h1-6,8-34H,7H2. The number of pyridine rings is 4. The smallest absolute Gasteiger partial charge is 0.137 e. The second-order valence-corrected chi connectivity index (χ2v) is 17.1. The van der Waals surface area contributed by atoms with Crippen LogP contribution in [0.1, 0.15) is 6.42 Å². The fourth-order valence-corrected chi connectivity index (χ4v) is 10.8. The lowest BCUT2D eigenvalue weighted by Gasteiger charge is -2.12. The second kappa shape index (κ2) is 14.7. The van der Waals surface area contributed by atoms with Gasteiger partial charge in [0.2, 0.25) is 0 Å². The number of aromatic nitrogens is 6. The van der Waals surface area contributed by atoms with Crippen LogP contribution in [0.25, 0.3) is 120 Å². The monoisotopic (exact) mass is 837 g/mol. The molecule has 7 aromatic heterocycles. The zero-order valence-corrected chi connectivity index (χ0v) is 35.1. The topological polar surface area (TPSA) is 73.8 Å². The normalized spacial score (nSPS) is 12.9. The average molecular weight is 838 g/mol. The van der Waals surface area contributed by atoms with Crippen molar-refractivity contribution in [2.24, 2.45) is 4.99 Å². The van der Waals surface area contributed by atoms with Crippen molar-refractivity contribution in [2.75, 3.05) is 0 Å². The largest absolute Gasteiger partial charge is 0.294 e. The average Bonchev–Trinajstić information content (AvgIpc) is 3.92. The molecular formula is C56H35N7S. The molecule has 8 heteroatoms. The van der Waals surface area contributed by atoms with Crippen LogP contribution in [0, 0.1) is 0 Å². The molecule has 7 nitrogen and oxygen atoms in total. The van der Waals surface area contributed by atoms with Crippen molar-refractivity contribution in [3.63, 3.8) is 0 Å². The summed E-state index contributed by atoms with van der Waals surface area (Å²) in [5.41, 5.74) is 13.3. The second-order valence-electron chi connectivity index (χ2n) is 16.1. The maximum absolute atomic E-state index is 4.87. The molecule has 8 heterocycles. The molecule has 0 atom stereocenters. The Morgan fingerprint density at radius 1 is 0.469 bits per heavy atom. The van der Waals surface area contributed by atoms with E-state index in [9.17, 15) is 0 Å². The van der Waals surface area contributed by atoms with Gasteiger partial charge in [0.15, 0.2) is 0 Å². The van der Waals surface area contributed by atoms with Gasteiger partial charge in [-0.3, -0.25) is 24.1 Å². The lowest BCUT2D eigenvalue weighted by Crippen LogP contribution is -1.96. The molecule has 1 aliphatic heterocycles. The van der Waals surface area contributed by atoms with E-state index in [1.165, 1.54) is 25.7 Å². The zero-order valence-electron chi connectivity index (χ0n) is 34.3. The first-order chi connectivity index (χ1) is 31.7. The van der Waals surface area contributed by atoms with Gasteiger partial charge in [0.25, 0.3) is 0 Å². The molecule has 0 aliphatic carbocycles. The SMILES string of the molecule is C1=CCC=NC(n2c3ccncc3c3cc(-c4cc(-c5ccc6c(c5)c5cnccc5n6-c5ccccn5)cc5c4sc4ccc(-c6ccccc6-c6ccccn6)cc45)ccc32)=C1. The van der Waals surface area contributed by atoms with Gasteiger partial charge < -0.3 is 0 Å². The minimum atomic E-state index is 0.804. The predicted octanol–water partition coefficient (Wildman–Crippen LogP) is 14.3. The third kappa shape index (κ3) is 5.77. The summed E-state index contributed by atoms with van der Waals surface area (Å²) in [5.74, 6) is 1.76. The van der Waals surface area contributed by atoms with E-state index in [1.807, 2.05) is 79.0 Å². The highest BCUT2D eigenvalue weighted by Crippen LogP contribution is 2.46. The van der Waals surface area contributed by atoms with Crippen LogP contribution in [0.4, 0.5) is 0 Å². The first-order valence-corrected chi connectivity index (χ1v) is 22.2. The summed E-state index contributed by atoms with van der Waals surface area (Å²) in [6.07, 6.45) is 20.5. The third-order valence-corrected chi connectivity index (χ3v) is 13.7. The van der Waals surface area contributed by atoms with E-state index in [2.05, 4.69) is 153 Å². The summed E-state index contributed by atoms with van der Waals surface area (Å²) in [6.45, 7) is 0. The number of hydrogen-bond donors (Lipinski definition) is 0. The van der Waals surface area contributed by atoms with Crippen molar-refractivity contribution in [1.29, 1.82) is 0 Å². The summed E-state index contributed by atoms with van der Waals surface area (Å²) in [5, 5.41) is 6.88. The van der Waals surface area contributed by atoms with E-state index in [-0.39, 0.29) is 0 Å². The summed E-state index contributed by atoms with van der Waals surface area (Å²) < 4.78 is 6.96. The van der Waals surface area contributed by atoms with Crippen LogP contribution in [0.3, 0.4) is 0 Å². The van der Waals surface area contributed by atoms with Crippen molar-refractivity contribution >= 4 is 87.2 Å². The lowest BCUT2D eigenvalue weighted by atomic mass is 9.93. The number of rotatable bonds is 6. The van der Waals surface area contributed by atoms with E-state index in [0.717, 1.165) is 101 Å². The molecule has 0 unspecified atom stereocenters. The molecule has 0 amide bonds. The predicted molar refractivity (Wildman–Crippen MR) is 266 cm³/mol. The van der Waals surface area contributed by atoms with Gasteiger partial charge in [-0.25, -0.2) is 9.98 Å². The van der Waals surface area contributed by atoms with E-state index in [1.54, 1.807) is 0 Å². The molecule has 5 aromatic carbocycles. The highest BCUT2D eigenvalue weighted by atomic mass is 32.1. The van der Waals surface area contributed by atoms with Gasteiger partial charge in [-0.15, -0.1) is 11.3 Å². The number of allylic oxidation sites excluding steroid dienone is 3. The zero-order chi connectivity index (χ0) is 42.1. The number of nitrogens with zero attached hydrogens (tertiary/aromatic N) is 7. The van der Waals surface area contributed by atoms with Crippen molar-refractivity contribution in [1.82, 2.24) is 29.1 Å². The van der Waals surface area contributed by atoms with Gasteiger partial charge in [-0.2, -0.15) is 0 Å². The number of fused-ring (bicyclic) bond motifs is 9. The van der Waals surface area contributed by atoms with Gasteiger partial charge in [0, 0.05) is 103 Å². The van der Waals surface area contributed by atoms with E-state index in [0.29, 0.717) is 0 Å². The first kappa shape index (κ1) is 36.3. The summed E-state index contributed by atoms with van der Waals surface area (Å²) in [6, 6.07) is 50.2. The van der Waals surface area contributed by atoms with Crippen LogP contribution >= 0.6 is 11.3 Å². The highest BCUT2D eigenvalue weighted by Gasteiger charge is 2.20. The molecule has 13 rings (SSSR count). The Hall–Kier alpha value is -8.33. The van der Waals surface area contributed by atoms with Crippen molar-refractivity contribution < 1.29 is 0 Å². The molecule has 12 aromatic rings. The van der Waals surface area contributed by atoms with Crippen LogP contribution in [0.15, 0.2) is 200 Å². The number of aliphatic imine (C=N–C) groups is 1. The lowest BCUT2D eigenvalue weighted by molar-refractivity contribution is 1.08. The van der Waals surface area contributed by atoms with Gasteiger partial charge in [-0.05, 0) is 119 Å². The minimum absolute atomic E-state index is 0.804. The summed E-state index contributed by atoms with van der Waals surface area (Å²) in [7, 11) is 0. The number of benzene rings is 5. The molecule has 0 radical (unpaired) electrons. The minimum Gasteiger partial charge on any atom is -0.294 e. The third-order valence-electron chi connectivity index (χ3n) is 12.5. The highest BCUT2D eigenvalue weighted by molar-refractivity contribution is 7.26. The van der Waals surface area contributed by atoms with Crippen LogP contribution in [0.2, 0.25) is 0 Å².